The van der Waals surface area contributed by atoms with E-state index in [1.807, 2.05) is 52.8 Å². The van der Waals surface area contributed by atoms with E-state index in [9.17, 15) is 9.59 Å². The van der Waals surface area contributed by atoms with Crippen LogP contribution in [0.3, 0.4) is 0 Å². The lowest BCUT2D eigenvalue weighted by molar-refractivity contribution is -0.118. The fraction of sp³-hybridized carbons (Fsp3) is 0.333. The number of para-hydroxylation sites is 1. The second-order valence-corrected chi connectivity index (χ2v) is 7.28. The molecule has 2 aromatic carbocycles. The van der Waals surface area contributed by atoms with E-state index in [2.05, 4.69) is 10.6 Å². The number of amides is 2. The third-order valence-corrected chi connectivity index (χ3v) is 3.85. The first kappa shape index (κ1) is 19.5. The Balaban J connectivity index is 2.05. The van der Waals surface area contributed by atoms with Gasteiger partial charge in [0.1, 0.15) is 5.75 Å². The van der Waals surface area contributed by atoms with Gasteiger partial charge in [0.2, 0.25) is 0 Å². The summed E-state index contributed by atoms with van der Waals surface area (Å²) in [7, 11) is 0. The molecule has 0 heterocycles. The quantitative estimate of drug-likeness (QED) is 0.857. The van der Waals surface area contributed by atoms with Gasteiger partial charge in [-0.3, -0.25) is 9.59 Å². The predicted molar refractivity (Wildman–Crippen MR) is 104 cm³/mol. The molecule has 2 amide bonds. The van der Waals surface area contributed by atoms with Crippen LogP contribution in [0.5, 0.6) is 5.75 Å². The first-order valence-electron chi connectivity index (χ1n) is 8.58. The van der Waals surface area contributed by atoms with Crippen molar-refractivity contribution in [2.45, 2.75) is 40.2 Å². The Bertz CT molecular complexity index is 807. The molecule has 0 saturated carbocycles. The summed E-state index contributed by atoms with van der Waals surface area (Å²) in [4.78, 5) is 24.7. The number of anilines is 1. The van der Waals surface area contributed by atoms with Crippen LogP contribution in [0, 0.1) is 13.8 Å². The average molecular weight is 354 g/mol. The highest BCUT2D eigenvalue weighted by atomic mass is 16.5. The fourth-order valence-electron chi connectivity index (χ4n) is 2.41. The van der Waals surface area contributed by atoms with Gasteiger partial charge in [0.05, 0.1) is 11.3 Å². The fourth-order valence-corrected chi connectivity index (χ4v) is 2.41. The summed E-state index contributed by atoms with van der Waals surface area (Å²) in [6.45, 7) is 9.54. The maximum Gasteiger partial charge on any atom is 0.262 e. The number of ether oxygens (including phenoxy) is 1. The summed E-state index contributed by atoms with van der Waals surface area (Å²) in [5, 5.41) is 5.66. The number of hydrogen-bond donors (Lipinski definition) is 2. The maximum atomic E-state index is 12.4. The van der Waals surface area contributed by atoms with Crippen LogP contribution in [-0.2, 0) is 4.79 Å². The van der Waals surface area contributed by atoms with Crippen molar-refractivity contribution in [3.8, 4) is 5.75 Å². The van der Waals surface area contributed by atoms with Gasteiger partial charge in [0.15, 0.2) is 6.61 Å². The van der Waals surface area contributed by atoms with Crippen LogP contribution in [-0.4, -0.2) is 24.0 Å². The van der Waals surface area contributed by atoms with Gasteiger partial charge in [-0.25, -0.2) is 0 Å². The Labute approximate surface area is 154 Å². The minimum atomic E-state index is -0.361. The van der Waals surface area contributed by atoms with Gasteiger partial charge < -0.3 is 15.4 Å². The second-order valence-electron chi connectivity index (χ2n) is 7.28. The highest BCUT2D eigenvalue weighted by molar-refractivity contribution is 6.04. The molecule has 0 aliphatic carbocycles. The molecule has 26 heavy (non-hydrogen) atoms. The summed E-state index contributed by atoms with van der Waals surface area (Å²) in [6.07, 6.45) is 0. The molecule has 0 fully saturated rings. The van der Waals surface area contributed by atoms with E-state index in [1.54, 1.807) is 24.3 Å². The lowest BCUT2D eigenvalue weighted by Crippen LogP contribution is -2.41. The Kier molecular flexibility index (Phi) is 6.03. The predicted octanol–water partition coefficient (Wildman–Crippen LogP) is 3.85. The van der Waals surface area contributed by atoms with Gasteiger partial charge in [0.25, 0.3) is 11.8 Å². The van der Waals surface area contributed by atoms with Crippen LogP contribution in [0.15, 0.2) is 42.5 Å². The van der Waals surface area contributed by atoms with Crippen LogP contribution in [0.25, 0.3) is 0 Å². The molecule has 0 aliphatic rings. The molecular formula is C21H26N2O3. The zero-order chi connectivity index (χ0) is 19.3. The molecule has 5 heteroatoms. The normalized spacial score (nSPS) is 11.0. The summed E-state index contributed by atoms with van der Waals surface area (Å²) in [6, 6.07) is 12.6. The van der Waals surface area contributed by atoms with E-state index in [1.165, 1.54) is 0 Å². The van der Waals surface area contributed by atoms with Crippen molar-refractivity contribution in [3.63, 3.8) is 0 Å². The van der Waals surface area contributed by atoms with Crippen molar-refractivity contribution in [2.24, 2.45) is 0 Å². The lowest BCUT2D eigenvalue weighted by atomic mass is 10.1. The maximum absolute atomic E-state index is 12.4. The van der Waals surface area contributed by atoms with E-state index in [0.29, 0.717) is 17.0 Å². The molecule has 0 radical (unpaired) electrons. The SMILES string of the molecule is Cc1cccc(OCC(=O)Nc2ccccc2C(=O)NC(C)(C)C)c1C. The molecule has 0 saturated heterocycles. The summed E-state index contributed by atoms with van der Waals surface area (Å²) in [5.74, 6) is 0.129. The molecule has 0 aromatic heterocycles. The van der Waals surface area contributed by atoms with Gasteiger partial charge in [-0.2, -0.15) is 0 Å². The monoisotopic (exact) mass is 354 g/mol. The molecule has 0 bridgehead atoms. The summed E-state index contributed by atoms with van der Waals surface area (Å²) >= 11 is 0. The van der Waals surface area contributed by atoms with Gasteiger partial charge in [-0.15, -0.1) is 0 Å². The largest absolute Gasteiger partial charge is 0.483 e. The molecule has 0 atom stereocenters. The van der Waals surface area contributed by atoms with E-state index in [0.717, 1.165) is 11.1 Å². The van der Waals surface area contributed by atoms with Crippen molar-refractivity contribution in [3.05, 3.63) is 59.2 Å². The lowest BCUT2D eigenvalue weighted by Gasteiger charge is -2.21. The zero-order valence-corrected chi connectivity index (χ0v) is 16.0. The summed E-state index contributed by atoms with van der Waals surface area (Å²) in [5.41, 5.74) is 2.63. The van der Waals surface area contributed by atoms with Gasteiger partial charge in [0, 0.05) is 5.54 Å². The Morgan fingerprint density at radius 2 is 1.69 bits per heavy atom. The molecule has 0 unspecified atom stereocenters. The Morgan fingerprint density at radius 1 is 1.00 bits per heavy atom. The third kappa shape index (κ3) is 5.34. The van der Waals surface area contributed by atoms with Crippen LogP contribution >= 0.6 is 0 Å². The summed E-state index contributed by atoms with van der Waals surface area (Å²) < 4.78 is 5.62. The first-order valence-corrected chi connectivity index (χ1v) is 8.58. The molecule has 0 aliphatic heterocycles. The van der Waals surface area contributed by atoms with E-state index < -0.39 is 0 Å². The highest BCUT2D eigenvalue weighted by Crippen LogP contribution is 2.21. The minimum absolute atomic E-state index is 0.125. The van der Waals surface area contributed by atoms with Crippen LogP contribution in [0.1, 0.15) is 42.3 Å². The van der Waals surface area contributed by atoms with E-state index in [4.69, 9.17) is 4.74 Å². The highest BCUT2D eigenvalue weighted by Gasteiger charge is 2.18. The van der Waals surface area contributed by atoms with Crippen LogP contribution in [0.2, 0.25) is 0 Å². The van der Waals surface area contributed by atoms with Crippen molar-refractivity contribution in [1.29, 1.82) is 0 Å². The second kappa shape index (κ2) is 8.04. The van der Waals surface area contributed by atoms with Crippen LogP contribution < -0.4 is 15.4 Å². The van der Waals surface area contributed by atoms with E-state index in [-0.39, 0.29) is 24.0 Å². The number of aryl methyl sites for hydroxylation is 1. The average Bonchev–Trinajstić information content (AvgIpc) is 2.55. The van der Waals surface area contributed by atoms with Crippen LogP contribution in [0.4, 0.5) is 5.69 Å². The molecule has 5 nitrogen and oxygen atoms in total. The number of carbonyl (C=O) groups excluding carboxylic acids is 2. The van der Waals surface area contributed by atoms with Gasteiger partial charge >= 0.3 is 0 Å². The van der Waals surface area contributed by atoms with Crippen molar-refractivity contribution in [1.82, 2.24) is 5.32 Å². The zero-order valence-electron chi connectivity index (χ0n) is 16.0. The first-order chi connectivity index (χ1) is 12.2. The molecular weight excluding hydrogens is 328 g/mol. The number of benzene rings is 2. The standard InChI is InChI=1S/C21H26N2O3/c1-14-9-8-12-18(15(14)2)26-13-19(24)22-17-11-7-6-10-16(17)20(25)23-21(3,4)5/h6-12H,13H2,1-5H3,(H,22,24)(H,23,25). The van der Waals surface area contributed by atoms with Gasteiger partial charge in [-0.05, 0) is 63.9 Å². The molecule has 138 valence electrons. The van der Waals surface area contributed by atoms with E-state index >= 15 is 0 Å². The number of carbonyl (C=O) groups is 2. The topological polar surface area (TPSA) is 67.4 Å². The smallest absolute Gasteiger partial charge is 0.262 e. The number of hydrogen-bond acceptors (Lipinski definition) is 3. The third-order valence-electron chi connectivity index (χ3n) is 3.85. The Morgan fingerprint density at radius 3 is 2.38 bits per heavy atom. The number of rotatable bonds is 5. The molecule has 2 rings (SSSR count). The van der Waals surface area contributed by atoms with Crippen molar-refractivity contribution < 1.29 is 14.3 Å². The van der Waals surface area contributed by atoms with Crippen molar-refractivity contribution >= 4 is 17.5 Å². The Hall–Kier alpha value is -2.82. The van der Waals surface area contributed by atoms with Crippen molar-refractivity contribution in [2.75, 3.05) is 11.9 Å². The molecule has 2 N–H and O–H groups in total. The minimum Gasteiger partial charge on any atom is -0.483 e. The molecule has 2 aromatic rings. The molecule has 0 spiro atoms. The number of nitrogens with one attached hydrogen (secondary N) is 2. The van der Waals surface area contributed by atoms with Gasteiger partial charge in [-0.1, -0.05) is 24.3 Å².